The van der Waals surface area contributed by atoms with Crippen LogP contribution in [-0.4, -0.2) is 36.3 Å². The Labute approximate surface area is 176 Å². The third-order valence-electron chi connectivity index (χ3n) is 5.56. The maximum absolute atomic E-state index is 12.6. The topological polar surface area (TPSA) is 67.3 Å². The van der Waals surface area contributed by atoms with Crippen LogP contribution in [0, 0.1) is 5.92 Å². The number of aromatic nitrogens is 2. The number of benzene rings is 2. The van der Waals surface area contributed by atoms with E-state index in [0.717, 1.165) is 54.3 Å². The molecule has 6 heteroatoms. The van der Waals surface area contributed by atoms with Crippen molar-refractivity contribution in [3.05, 3.63) is 72.3 Å². The number of piperidine rings is 1. The second kappa shape index (κ2) is 9.39. The Balaban J connectivity index is 1.30. The summed E-state index contributed by atoms with van der Waals surface area (Å²) >= 11 is 0. The molecule has 0 saturated carbocycles. The largest absolute Gasteiger partial charge is 0.496 e. The van der Waals surface area contributed by atoms with Gasteiger partial charge in [0.2, 0.25) is 5.91 Å². The molecule has 0 atom stereocenters. The van der Waals surface area contributed by atoms with Crippen LogP contribution >= 0.6 is 0 Å². The summed E-state index contributed by atoms with van der Waals surface area (Å²) in [6, 6.07) is 21.8. The molecule has 3 aromatic rings. The zero-order valence-electron chi connectivity index (χ0n) is 17.1. The SMILES string of the molecule is COc1ccccc1CNC(=O)C1CCN(c2ccc(-c3ccccc3)nn2)CC1. The van der Waals surface area contributed by atoms with E-state index in [2.05, 4.69) is 20.4 Å². The van der Waals surface area contributed by atoms with Crippen LogP contribution in [0.15, 0.2) is 66.7 Å². The Morgan fingerprint density at radius 3 is 2.43 bits per heavy atom. The number of hydrogen-bond donors (Lipinski definition) is 1. The quantitative estimate of drug-likeness (QED) is 0.681. The van der Waals surface area contributed by atoms with E-state index >= 15 is 0 Å². The van der Waals surface area contributed by atoms with Gasteiger partial charge in [0, 0.05) is 36.7 Å². The molecule has 2 heterocycles. The van der Waals surface area contributed by atoms with Gasteiger partial charge >= 0.3 is 0 Å². The van der Waals surface area contributed by atoms with Gasteiger partial charge in [0.05, 0.1) is 12.8 Å². The highest BCUT2D eigenvalue weighted by Gasteiger charge is 2.25. The van der Waals surface area contributed by atoms with Gasteiger partial charge in [0.25, 0.3) is 0 Å². The van der Waals surface area contributed by atoms with Crippen molar-refractivity contribution in [1.82, 2.24) is 15.5 Å². The predicted molar refractivity (Wildman–Crippen MR) is 117 cm³/mol. The van der Waals surface area contributed by atoms with Crippen LogP contribution in [0.25, 0.3) is 11.3 Å². The second-order valence-corrected chi connectivity index (χ2v) is 7.43. The molecule has 1 aliphatic rings. The van der Waals surface area contributed by atoms with Crippen molar-refractivity contribution in [3.63, 3.8) is 0 Å². The number of amides is 1. The summed E-state index contributed by atoms with van der Waals surface area (Å²) in [4.78, 5) is 14.8. The summed E-state index contributed by atoms with van der Waals surface area (Å²) in [6.45, 7) is 2.08. The lowest BCUT2D eigenvalue weighted by Gasteiger charge is -2.31. The molecule has 1 aliphatic heterocycles. The number of carbonyl (C=O) groups is 1. The van der Waals surface area contributed by atoms with Crippen LogP contribution in [0.2, 0.25) is 0 Å². The van der Waals surface area contributed by atoms with E-state index in [1.165, 1.54) is 0 Å². The Morgan fingerprint density at radius 1 is 1.00 bits per heavy atom. The fourth-order valence-corrected chi connectivity index (χ4v) is 3.80. The lowest BCUT2D eigenvalue weighted by atomic mass is 9.95. The molecule has 1 fully saturated rings. The van der Waals surface area contributed by atoms with Gasteiger partial charge in [-0.25, -0.2) is 0 Å². The van der Waals surface area contributed by atoms with E-state index in [1.54, 1.807) is 7.11 Å². The van der Waals surface area contributed by atoms with Crippen molar-refractivity contribution in [2.24, 2.45) is 5.92 Å². The average molecular weight is 402 g/mol. The molecule has 0 spiro atoms. The summed E-state index contributed by atoms with van der Waals surface area (Å²) in [5, 5.41) is 11.8. The molecule has 0 radical (unpaired) electrons. The Morgan fingerprint density at radius 2 is 1.73 bits per heavy atom. The first-order valence-electron chi connectivity index (χ1n) is 10.3. The number of nitrogens with one attached hydrogen (secondary N) is 1. The highest BCUT2D eigenvalue weighted by molar-refractivity contribution is 5.79. The molecule has 30 heavy (non-hydrogen) atoms. The molecule has 1 saturated heterocycles. The minimum Gasteiger partial charge on any atom is -0.496 e. The van der Waals surface area contributed by atoms with Gasteiger partial charge in [-0.15, -0.1) is 10.2 Å². The third-order valence-corrected chi connectivity index (χ3v) is 5.56. The fraction of sp³-hybridized carbons (Fsp3) is 0.292. The van der Waals surface area contributed by atoms with Crippen LogP contribution in [0.5, 0.6) is 5.75 Å². The molecule has 6 nitrogen and oxygen atoms in total. The predicted octanol–water partition coefficient (Wildman–Crippen LogP) is 3.69. The Bertz CT molecular complexity index is 968. The van der Waals surface area contributed by atoms with E-state index in [-0.39, 0.29) is 11.8 Å². The van der Waals surface area contributed by atoms with Crippen molar-refractivity contribution in [2.75, 3.05) is 25.1 Å². The summed E-state index contributed by atoms with van der Waals surface area (Å²) in [6.07, 6.45) is 1.61. The zero-order chi connectivity index (χ0) is 20.8. The van der Waals surface area contributed by atoms with Crippen LogP contribution in [0.1, 0.15) is 18.4 Å². The van der Waals surface area contributed by atoms with Crippen molar-refractivity contribution in [3.8, 4) is 17.0 Å². The van der Waals surface area contributed by atoms with E-state index in [9.17, 15) is 4.79 Å². The van der Waals surface area contributed by atoms with Crippen molar-refractivity contribution < 1.29 is 9.53 Å². The highest BCUT2D eigenvalue weighted by Crippen LogP contribution is 2.24. The molecular formula is C24H26N4O2. The summed E-state index contributed by atoms with van der Waals surface area (Å²) in [5.41, 5.74) is 2.91. The summed E-state index contributed by atoms with van der Waals surface area (Å²) < 4.78 is 5.35. The number of hydrogen-bond acceptors (Lipinski definition) is 5. The molecule has 0 aliphatic carbocycles. The van der Waals surface area contributed by atoms with Gasteiger partial charge in [-0.1, -0.05) is 48.5 Å². The van der Waals surface area contributed by atoms with Gasteiger partial charge < -0.3 is 15.0 Å². The van der Waals surface area contributed by atoms with Gasteiger partial charge in [-0.3, -0.25) is 4.79 Å². The highest BCUT2D eigenvalue weighted by atomic mass is 16.5. The number of ether oxygens (including phenoxy) is 1. The maximum Gasteiger partial charge on any atom is 0.223 e. The summed E-state index contributed by atoms with van der Waals surface area (Å²) in [5.74, 6) is 1.78. The molecule has 4 rings (SSSR count). The first-order valence-corrected chi connectivity index (χ1v) is 10.3. The number of methoxy groups -OCH3 is 1. The monoisotopic (exact) mass is 402 g/mol. The number of para-hydroxylation sites is 1. The van der Waals surface area contributed by atoms with E-state index in [4.69, 9.17) is 4.74 Å². The van der Waals surface area contributed by atoms with E-state index in [0.29, 0.717) is 6.54 Å². The van der Waals surface area contributed by atoms with Gasteiger partial charge in [-0.2, -0.15) is 0 Å². The van der Waals surface area contributed by atoms with Gasteiger partial charge in [0.15, 0.2) is 5.82 Å². The molecule has 1 aromatic heterocycles. The smallest absolute Gasteiger partial charge is 0.223 e. The number of anilines is 1. The lowest BCUT2D eigenvalue weighted by Crippen LogP contribution is -2.40. The number of carbonyl (C=O) groups excluding carboxylic acids is 1. The molecule has 154 valence electrons. The normalized spacial score (nSPS) is 14.4. The second-order valence-electron chi connectivity index (χ2n) is 7.43. The zero-order valence-corrected chi connectivity index (χ0v) is 17.1. The van der Waals surface area contributed by atoms with Gasteiger partial charge in [-0.05, 0) is 31.0 Å². The molecule has 0 bridgehead atoms. The Hall–Kier alpha value is -3.41. The van der Waals surface area contributed by atoms with Crippen molar-refractivity contribution in [1.29, 1.82) is 0 Å². The van der Waals surface area contributed by atoms with Crippen LogP contribution in [0.4, 0.5) is 5.82 Å². The fourth-order valence-electron chi connectivity index (χ4n) is 3.80. The first-order chi connectivity index (χ1) is 14.7. The Kier molecular flexibility index (Phi) is 6.23. The lowest BCUT2D eigenvalue weighted by molar-refractivity contribution is -0.125. The number of rotatable bonds is 6. The number of nitrogens with zero attached hydrogens (tertiary/aromatic N) is 3. The molecule has 2 aromatic carbocycles. The first kappa shape index (κ1) is 19.9. The molecular weight excluding hydrogens is 376 g/mol. The maximum atomic E-state index is 12.6. The average Bonchev–Trinajstić information content (AvgIpc) is 2.83. The standard InChI is InChI=1S/C24H26N4O2/c1-30-22-10-6-5-9-20(22)17-25-24(29)19-13-15-28(16-14-19)23-12-11-21(26-27-23)18-7-3-2-4-8-18/h2-12,19H,13-17H2,1H3,(H,25,29). The molecule has 1 amide bonds. The minimum atomic E-state index is 0.0208. The van der Waals surface area contributed by atoms with Crippen molar-refractivity contribution in [2.45, 2.75) is 19.4 Å². The van der Waals surface area contributed by atoms with Gasteiger partial charge in [0.1, 0.15) is 5.75 Å². The van der Waals surface area contributed by atoms with E-state index in [1.807, 2.05) is 66.7 Å². The molecule has 1 N–H and O–H groups in total. The van der Waals surface area contributed by atoms with E-state index < -0.39 is 0 Å². The summed E-state index contributed by atoms with van der Waals surface area (Å²) in [7, 11) is 1.64. The van der Waals surface area contributed by atoms with Crippen molar-refractivity contribution >= 4 is 11.7 Å². The third kappa shape index (κ3) is 4.59. The minimum absolute atomic E-state index is 0.0208. The molecule has 0 unspecified atom stereocenters. The van der Waals surface area contributed by atoms with Crippen LogP contribution in [-0.2, 0) is 11.3 Å². The van der Waals surface area contributed by atoms with Crippen LogP contribution in [0.3, 0.4) is 0 Å². The van der Waals surface area contributed by atoms with Crippen LogP contribution < -0.4 is 15.0 Å².